The lowest BCUT2D eigenvalue weighted by Gasteiger charge is -2.25. The van der Waals surface area contributed by atoms with Gasteiger partial charge in [0.1, 0.15) is 4.90 Å². The van der Waals surface area contributed by atoms with Gasteiger partial charge in [-0.1, -0.05) is 15.9 Å². The van der Waals surface area contributed by atoms with Gasteiger partial charge in [-0.15, -0.1) is 0 Å². The molecule has 2 N–H and O–H groups in total. The first-order chi connectivity index (χ1) is 9.84. The van der Waals surface area contributed by atoms with E-state index in [2.05, 4.69) is 20.9 Å². The summed E-state index contributed by atoms with van der Waals surface area (Å²) in [6.45, 7) is 1.82. The molecule has 2 rings (SSSR count). The molecule has 1 unspecified atom stereocenters. The van der Waals surface area contributed by atoms with Gasteiger partial charge < -0.3 is 5.73 Å². The molecule has 1 heterocycles. The summed E-state index contributed by atoms with van der Waals surface area (Å²) >= 11 is 3.27. The number of halogens is 1. The van der Waals surface area contributed by atoms with Crippen LogP contribution >= 0.6 is 15.9 Å². The third kappa shape index (κ3) is 3.25. The average molecular weight is 370 g/mol. The van der Waals surface area contributed by atoms with E-state index in [1.165, 1.54) is 10.4 Å². The molecule has 5 nitrogen and oxygen atoms in total. The van der Waals surface area contributed by atoms with Crippen LogP contribution in [-0.4, -0.2) is 24.8 Å². The van der Waals surface area contributed by atoms with Crippen LogP contribution in [0.1, 0.15) is 18.5 Å². The van der Waals surface area contributed by atoms with Crippen molar-refractivity contribution < 1.29 is 8.42 Å². The van der Waals surface area contributed by atoms with Crippen molar-refractivity contribution in [2.75, 3.05) is 12.8 Å². The SMILES string of the molecule is CC(c1ccncc1)N(C)S(=O)(=O)c1cc(Br)ccc1N. The summed E-state index contributed by atoms with van der Waals surface area (Å²) < 4.78 is 27.4. The van der Waals surface area contributed by atoms with Gasteiger partial charge in [-0.2, -0.15) is 4.31 Å². The smallest absolute Gasteiger partial charge is 0.245 e. The van der Waals surface area contributed by atoms with E-state index in [9.17, 15) is 8.42 Å². The van der Waals surface area contributed by atoms with E-state index in [0.29, 0.717) is 4.47 Å². The molecular formula is C14H16BrN3O2S. The first-order valence-corrected chi connectivity index (χ1v) is 8.50. The van der Waals surface area contributed by atoms with Crippen LogP contribution in [0.3, 0.4) is 0 Å². The predicted octanol–water partition coefficient (Wildman–Crippen LogP) is 2.81. The standard InChI is InChI=1S/C14H16BrN3O2S/c1-10(11-5-7-17-8-6-11)18(2)21(19,20)14-9-12(15)3-4-13(14)16/h3-10H,16H2,1-2H3. The molecule has 7 heteroatoms. The van der Waals surface area contributed by atoms with Crippen molar-refractivity contribution in [1.29, 1.82) is 0 Å². The van der Waals surface area contributed by atoms with Gasteiger partial charge in [0.25, 0.3) is 0 Å². The van der Waals surface area contributed by atoms with Crippen LogP contribution in [0.4, 0.5) is 5.69 Å². The van der Waals surface area contributed by atoms with Crippen molar-refractivity contribution >= 4 is 31.6 Å². The van der Waals surface area contributed by atoms with Crippen molar-refractivity contribution in [2.45, 2.75) is 17.9 Å². The molecular weight excluding hydrogens is 354 g/mol. The second-order valence-corrected chi connectivity index (χ2v) is 7.54. The molecule has 0 bridgehead atoms. The number of aromatic nitrogens is 1. The first-order valence-electron chi connectivity index (χ1n) is 6.27. The molecule has 0 amide bonds. The molecule has 0 fully saturated rings. The molecule has 0 saturated carbocycles. The fourth-order valence-electron chi connectivity index (χ4n) is 1.95. The van der Waals surface area contributed by atoms with E-state index >= 15 is 0 Å². The fraction of sp³-hybridized carbons (Fsp3) is 0.214. The van der Waals surface area contributed by atoms with E-state index in [0.717, 1.165) is 5.56 Å². The molecule has 0 aliphatic rings. The van der Waals surface area contributed by atoms with E-state index in [1.807, 2.05) is 6.92 Å². The highest BCUT2D eigenvalue weighted by Crippen LogP contribution is 2.30. The second-order valence-electron chi connectivity index (χ2n) is 4.66. The molecule has 112 valence electrons. The maximum Gasteiger partial charge on any atom is 0.245 e. The minimum absolute atomic E-state index is 0.0975. The highest BCUT2D eigenvalue weighted by atomic mass is 79.9. The Morgan fingerprint density at radius 3 is 2.48 bits per heavy atom. The van der Waals surface area contributed by atoms with Crippen LogP contribution in [0.5, 0.6) is 0 Å². The van der Waals surface area contributed by atoms with Crippen molar-refractivity contribution in [3.05, 3.63) is 52.8 Å². The number of sulfonamides is 1. The summed E-state index contributed by atoms with van der Waals surface area (Å²) in [6.07, 6.45) is 3.28. The largest absolute Gasteiger partial charge is 0.398 e. The monoisotopic (exact) mass is 369 g/mol. The third-order valence-electron chi connectivity index (χ3n) is 3.37. The minimum Gasteiger partial charge on any atom is -0.398 e. The Kier molecular flexibility index (Phi) is 4.65. The van der Waals surface area contributed by atoms with Crippen LogP contribution in [-0.2, 0) is 10.0 Å². The van der Waals surface area contributed by atoms with Gasteiger partial charge in [0.15, 0.2) is 0 Å². The van der Waals surface area contributed by atoms with Gasteiger partial charge >= 0.3 is 0 Å². The van der Waals surface area contributed by atoms with E-state index in [4.69, 9.17) is 5.73 Å². The molecule has 0 aliphatic heterocycles. The van der Waals surface area contributed by atoms with E-state index in [-0.39, 0.29) is 16.6 Å². The molecule has 1 aromatic carbocycles. The highest BCUT2D eigenvalue weighted by Gasteiger charge is 2.28. The zero-order valence-corrected chi connectivity index (χ0v) is 14.1. The highest BCUT2D eigenvalue weighted by molar-refractivity contribution is 9.10. The number of anilines is 1. The molecule has 1 atom stereocenters. The Labute approximate surface area is 133 Å². The van der Waals surface area contributed by atoms with E-state index < -0.39 is 10.0 Å². The Balaban J connectivity index is 2.41. The number of nitrogen functional groups attached to an aromatic ring is 1. The number of hydrogen-bond donors (Lipinski definition) is 1. The van der Waals surface area contributed by atoms with Gasteiger partial charge in [-0.3, -0.25) is 4.98 Å². The lowest BCUT2D eigenvalue weighted by molar-refractivity contribution is 0.398. The van der Waals surface area contributed by atoms with Crippen molar-refractivity contribution in [1.82, 2.24) is 9.29 Å². The molecule has 2 aromatic rings. The van der Waals surface area contributed by atoms with Gasteiger partial charge in [-0.25, -0.2) is 8.42 Å². The normalized spacial score (nSPS) is 13.3. The number of pyridine rings is 1. The van der Waals surface area contributed by atoms with Crippen LogP contribution in [0.25, 0.3) is 0 Å². The first kappa shape index (κ1) is 15.9. The third-order valence-corrected chi connectivity index (χ3v) is 5.84. The Morgan fingerprint density at radius 1 is 1.24 bits per heavy atom. The number of nitrogens with zero attached hydrogens (tertiary/aromatic N) is 2. The molecule has 0 aliphatic carbocycles. The number of rotatable bonds is 4. The van der Waals surface area contributed by atoms with Crippen molar-refractivity contribution in [3.63, 3.8) is 0 Å². The Bertz CT molecular complexity index is 735. The van der Waals surface area contributed by atoms with Gasteiger partial charge in [0.05, 0.1) is 5.69 Å². The lowest BCUT2D eigenvalue weighted by atomic mass is 10.1. The lowest BCUT2D eigenvalue weighted by Crippen LogP contribution is -2.30. The summed E-state index contributed by atoms with van der Waals surface area (Å²) in [5.41, 5.74) is 6.91. The molecule has 1 aromatic heterocycles. The Morgan fingerprint density at radius 2 is 1.86 bits per heavy atom. The summed E-state index contributed by atoms with van der Waals surface area (Å²) in [5, 5.41) is 0. The average Bonchev–Trinajstić information content (AvgIpc) is 2.49. The summed E-state index contributed by atoms with van der Waals surface area (Å²) in [7, 11) is -2.14. The molecule has 0 radical (unpaired) electrons. The summed E-state index contributed by atoms with van der Waals surface area (Å²) in [6, 6.07) is 8.06. The Hall–Kier alpha value is -1.44. The summed E-state index contributed by atoms with van der Waals surface area (Å²) in [4.78, 5) is 4.04. The zero-order valence-electron chi connectivity index (χ0n) is 11.7. The predicted molar refractivity (Wildman–Crippen MR) is 86.2 cm³/mol. The molecule has 0 saturated heterocycles. The van der Waals surface area contributed by atoms with Crippen LogP contribution in [0.2, 0.25) is 0 Å². The van der Waals surface area contributed by atoms with Crippen LogP contribution in [0.15, 0.2) is 52.1 Å². The minimum atomic E-state index is -3.68. The van der Waals surface area contributed by atoms with Crippen molar-refractivity contribution in [3.8, 4) is 0 Å². The van der Waals surface area contributed by atoms with Gasteiger partial charge in [0, 0.05) is 30.0 Å². The second kappa shape index (κ2) is 6.13. The maximum absolute atomic E-state index is 12.7. The molecule has 21 heavy (non-hydrogen) atoms. The topological polar surface area (TPSA) is 76.3 Å². The van der Waals surface area contributed by atoms with E-state index in [1.54, 1.807) is 43.7 Å². The quantitative estimate of drug-likeness (QED) is 0.840. The van der Waals surface area contributed by atoms with Crippen LogP contribution < -0.4 is 5.73 Å². The summed E-state index contributed by atoms with van der Waals surface area (Å²) in [5.74, 6) is 0. The van der Waals surface area contributed by atoms with Crippen LogP contribution in [0, 0.1) is 0 Å². The number of benzene rings is 1. The number of nitrogens with two attached hydrogens (primary N) is 1. The fourth-order valence-corrected chi connectivity index (χ4v) is 3.95. The molecule has 0 spiro atoms. The zero-order chi connectivity index (χ0) is 15.6. The number of hydrogen-bond acceptors (Lipinski definition) is 4. The van der Waals surface area contributed by atoms with Gasteiger partial charge in [0.2, 0.25) is 10.0 Å². The maximum atomic E-state index is 12.7. The van der Waals surface area contributed by atoms with Gasteiger partial charge in [-0.05, 0) is 42.8 Å². The van der Waals surface area contributed by atoms with Crippen molar-refractivity contribution in [2.24, 2.45) is 0 Å².